The molecule has 4 nitrogen and oxygen atoms in total. The molecular formula is C19H17ClN2O2S. The van der Waals surface area contributed by atoms with Crippen molar-refractivity contribution in [3.05, 3.63) is 53.1 Å². The molecule has 4 rings (SSSR count). The number of aldehydes is 1. The van der Waals surface area contributed by atoms with Crippen LogP contribution in [0.15, 0.2) is 42.5 Å². The highest BCUT2D eigenvalue weighted by Gasteiger charge is 2.27. The normalized spacial score (nSPS) is 17.2. The molecule has 1 atom stereocenters. The lowest BCUT2D eigenvalue weighted by Crippen LogP contribution is -2.34. The molecule has 0 N–H and O–H groups in total. The van der Waals surface area contributed by atoms with E-state index in [1.165, 1.54) is 0 Å². The van der Waals surface area contributed by atoms with Gasteiger partial charge < -0.3 is 9.64 Å². The molecule has 3 aromatic rings. The zero-order valence-corrected chi connectivity index (χ0v) is 15.1. The highest BCUT2D eigenvalue weighted by Crippen LogP contribution is 2.34. The van der Waals surface area contributed by atoms with Crippen molar-refractivity contribution in [1.29, 1.82) is 0 Å². The maximum absolute atomic E-state index is 10.7. The molecule has 0 amide bonds. The summed E-state index contributed by atoms with van der Waals surface area (Å²) < 4.78 is 7.04. The molecule has 1 fully saturated rings. The van der Waals surface area contributed by atoms with E-state index in [4.69, 9.17) is 21.3 Å². The van der Waals surface area contributed by atoms with Crippen LogP contribution in [0.3, 0.4) is 0 Å². The first-order valence-corrected chi connectivity index (χ1v) is 9.43. The monoisotopic (exact) mass is 372 g/mol. The van der Waals surface area contributed by atoms with Crippen LogP contribution in [0.2, 0.25) is 5.02 Å². The fourth-order valence-corrected chi connectivity index (χ4v) is 4.44. The Balaban J connectivity index is 1.48. The van der Waals surface area contributed by atoms with Crippen LogP contribution < -0.4 is 9.64 Å². The van der Waals surface area contributed by atoms with Gasteiger partial charge in [-0.25, -0.2) is 4.98 Å². The second-order valence-corrected chi connectivity index (χ2v) is 7.54. The van der Waals surface area contributed by atoms with E-state index in [0.717, 1.165) is 51.8 Å². The predicted molar refractivity (Wildman–Crippen MR) is 102 cm³/mol. The molecule has 1 aliphatic heterocycles. The minimum Gasteiger partial charge on any atom is -0.491 e. The quantitative estimate of drug-likeness (QED) is 0.603. The first-order valence-electron chi connectivity index (χ1n) is 8.24. The third-order valence-electron chi connectivity index (χ3n) is 4.42. The summed E-state index contributed by atoms with van der Waals surface area (Å²) in [4.78, 5) is 17.8. The van der Waals surface area contributed by atoms with E-state index in [9.17, 15) is 4.79 Å². The van der Waals surface area contributed by atoms with Crippen LogP contribution in [0.5, 0.6) is 5.75 Å². The Morgan fingerprint density at radius 2 is 2.12 bits per heavy atom. The fourth-order valence-electron chi connectivity index (χ4n) is 3.10. The number of fused-ring (bicyclic) bond motifs is 1. The van der Waals surface area contributed by atoms with Crippen molar-refractivity contribution < 1.29 is 9.53 Å². The summed E-state index contributed by atoms with van der Waals surface area (Å²) in [6.45, 7) is 1.60. The topological polar surface area (TPSA) is 42.4 Å². The SMILES string of the molecule is O=Cc1ccc(OCC2CCCN2c2nc3ccc(Cl)cc3s2)cc1. The second-order valence-electron chi connectivity index (χ2n) is 6.10. The van der Waals surface area contributed by atoms with E-state index in [-0.39, 0.29) is 0 Å². The number of ether oxygens (including phenoxy) is 1. The number of rotatable bonds is 5. The number of nitrogens with zero attached hydrogens (tertiary/aromatic N) is 2. The van der Waals surface area contributed by atoms with Gasteiger partial charge in [0.1, 0.15) is 18.6 Å². The first-order chi connectivity index (χ1) is 12.2. The van der Waals surface area contributed by atoms with Gasteiger partial charge in [-0.3, -0.25) is 4.79 Å². The molecule has 1 aliphatic rings. The van der Waals surface area contributed by atoms with Gasteiger partial charge in [0, 0.05) is 17.1 Å². The molecule has 128 valence electrons. The van der Waals surface area contributed by atoms with Crippen LogP contribution in [0, 0.1) is 0 Å². The summed E-state index contributed by atoms with van der Waals surface area (Å²) in [5.74, 6) is 0.786. The van der Waals surface area contributed by atoms with E-state index in [0.29, 0.717) is 18.2 Å². The van der Waals surface area contributed by atoms with Crippen LogP contribution >= 0.6 is 22.9 Å². The average Bonchev–Trinajstić information content (AvgIpc) is 3.26. The largest absolute Gasteiger partial charge is 0.491 e. The third-order valence-corrected chi connectivity index (χ3v) is 5.71. The molecule has 6 heteroatoms. The van der Waals surface area contributed by atoms with Crippen molar-refractivity contribution in [2.24, 2.45) is 0 Å². The maximum Gasteiger partial charge on any atom is 0.186 e. The molecule has 1 aromatic heterocycles. The number of aromatic nitrogens is 1. The molecule has 0 aliphatic carbocycles. The van der Waals surface area contributed by atoms with Crippen LogP contribution in [0.25, 0.3) is 10.2 Å². The summed E-state index contributed by atoms with van der Waals surface area (Å²) in [5.41, 5.74) is 1.64. The van der Waals surface area contributed by atoms with Gasteiger partial charge in [0.2, 0.25) is 0 Å². The molecule has 2 heterocycles. The zero-order chi connectivity index (χ0) is 17.2. The third kappa shape index (κ3) is 3.48. The lowest BCUT2D eigenvalue weighted by molar-refractivity contribution is 0.112. The Kier molecular flexibility index (Phi) is 4.59. The van der Waals surface area contributed by atoms with Crippen molar-refractivity contribution in [3.63, 3.8) is 0 Å². The van der Waals surface area contributed by atoms with Crippen molar-refractivity contribution in [3.8, 4) is 5.75 Å². The summed E-state index contributed by atoms with van der Waals surface area (Å²) in [6, 6.07) is 13.3. The van der Waals surface area contributed by atoms with Crippen molar-refractivity contribution in [2.45, 2.75) is 18.9 Å². The lowest BCUT2D eigenvalue weighted by atomic mass is 10.2. The summed E-state index contributed by atoms with van der Waals surface area (Å²) >= 11 is 7.75. The van der Waals surface area contributed by atoms with Crippen LogP contribution in [-0.2, 0) is 0 Å². The number of hydrogen-bond donors (Lipinski definition) is 0. The Hall–Kier alpha value is -2.11. The number of carbonyl (C=O) groups excluding carboxylic acids is 1. The number of hydrogen-bond acceptors (Lipinski definition) is 5. The molecule has 2 aromatic carbocycles. The smallest absolute Gasteiger partial charge is 0.186 e. The second kappa shape index (κ2) is 7.02. The Morgan fingerprint density at radius 1 is 1.28 bits per heavy atom. The van der Waals surface area contributed by atoms with Gasteiger partial charge in [0.05, 0.1) is 16.3 Å². The van der Waals surface area contributed by atoms with Gasteiger partial charge in [-0.1, -0.05) is 22.9 Å². The number of anilines is 1. The van der Waals surface area contributed by atoms with Crippen LogP contribution in [0.4, 0.5) is 5.13 Å². The van der Waals surface area contributed by atoms with Gasteiger partial charge in [-0.2, -0.15) is 0 Å². The zero-order valence-electron chi connectivity index (χ0n) is 13.5. The summed E-state index contributed by atoms with van der Waals surface area (Å²) in [5, 5.41) is 1.77. The summed E-state index contributed by atoms with van der Waals surface area (Å²) in [7, 11) is 0. The van der Waals surface area contributed by atoms with Gasteiger partial charge >= 0.3 is 0 Å². The molecular weight excluding hydrogens is 356 g/mol. The number of benzene rings is 2. The Labute approximate surface area is 155 Å². The number of carbonyl (C=O) groups is 1. The molecule has 1 unspecified atom stereocenters. The van der Waals surface area contributed by atoms with Crippen molar-refractivity contribution in [1.82, 2.24) is 4.98 Å². The fraction of sp³-hybridized carbons (Fsp3) is 0.263. The Morgan fingerprint density at radius 3 is 2.92 bits per heavy atom. The van der Waals surface area contributed by atoms with Crippen molar-refractivity contribution in [2.75, 3.05) is 18.1 Å². The predicted octanol–water partition coefficient (Wildman–Crippen LogP) is 4.81. The molecule has 0 radical (unpaired) electrons. The highest BCUT2D eigenvalue weighted by molar-refractivity contribution is 7.22. The van der Waals surface area contributed by atoms with Crippen LogP contribution in [-0.4, -0.2) is 30.5 Å². The van der Waals surface area contributed by atoms with Gasteiger partial charge in [-0.15, -0.1) is 0 Å². The average molecular weight is 373 g/mol. The first kappa shape index (κ1) is 16.4. The van der Waals surface area contributed by atoms with E-state index in [1.54, 1.807) is 23.5 Å². The van der Waals surface area contributed by atoms with E-state index >= 15 is 0 Å². The lowest BCUT2D eigenvalue weighted by Gasteiger charge is -2.24. The van der Waals surface area contributed by atoms with E-state index in [1.807, 2.05) is 30.3 Å². The molecule has 0 saturated carbocycles. The molecule has 25 heavy (non-hydrogen) atoms. The van der Waals surface area contributed by atoms with Gasteiger partial charge in [0.25, 0.3) is 0 Å². The number of halogens is 1. The Bertz CT molecular complexity index is 894. The minimum atomic E-state index is 0.307. The van der Waals surface area contributed by atoms with Crippen molar-refractivity contribution >= 4 is 44.6 Å². The maximum atomic E-state index is 10.7. The van der Waals surface area contributed by atoms with E-state index < -0.39 is 0 Å². The van der Waals surface area contributed by atoms with Gasteiger partial charge in [-0.05, 0) is 55.3 Å². The van der Waals surface area contributed by atoms with Crippen LogP contribution in [0.1, 0.15) is 23.2 Å². The van der Waals surface area contributed by atoms with Gasteiger partial charge in [0.15, 0.2) is 5.13 Å². The summed E-state index contributed by atoms with van der Waals surface area (Å²) in [6.07, 6.45) is 3.06. The standard InChI is InChI=1S/C19H17ClN2O2S/c20-14-5-8-17-18(10-14)25-19(21-17)22-9-1-2-15(22)12-24-16-6-3-13(11-23)4-7-16/h3-8,10-11,15H,1-2,9,12H2. The molecule has 1 saturated heterocycles. The molecule has 0 bridgehead atoms. The molecule has 0 spiro atoms. The van der Waals surface area contributed by atoms with E-state index in [2.05, 4.69) is 4.90 Å². The highest BCUT2D eigenvalue weighted by atomic mass is 35.5. The number of thiazole rings is 1. The minimum absolute atomic E-state index is 0.307.